The van der Waals surface area contributed by atoms with Gasteiger partial charge in [-0.1, -0.05) is 32.0 Å². The zero-order valence-electron chi connectivity index (χ0n) is 11.8. The van der Waals surface area contributed by atoms with Crippen molar-refractivity contribution < 1.29 is 5.11 Å². The maximum atomic E-state index is 10.9. The Labute approximate surface area is 110 Å². The maximum absolute atomic E-state index is 10.9. The van der Waals surface area contributed by atoms with Crippen LogP contribution < -0.4 is 5.32 Å². The highest BCUT2D eigenvalue weighted by Crippen LogP contribution is 2.38. The quantitative estimate of drug-likeness (QED) is 0.857. The minimum Gasteiger partial charge on any atom is -0.385 e. The van der Waals surface area contributed by atoms with Crippen molar-refractivity contribution in [1.29, 1.82) is 0 Å². The Morgan fingerprint density at radius 1 is 1.39 bits per heavy atom. The summed E-state index contributed by atoms with van der Waals surface area (Å²) in [5, 5.41) is 14.1. The second kappa shape index (κ2) is 5.41. The van der Waals surface area contributed by atoms with Crippen LogP contribution in [0.4, 0.5) is 0 Å². The molecule has 0 heterocycles. The molecule has 1 aromatic rings. The van der Waals surface area contributed by atoms with Crippen molar-refractivity contribution in [3.05, 3.63) is 34.9 Å². The van der Waals surface area contributed by atoms with E-state index in [2.05, 4.69) is 37.4 Å². The molecular weight excluding hydrogens is 222 g/mol. The summed E-state index contributed by atoms with van der Waals surface area (Å²) in [5.41, 5.74) is 3.22. The summed E-state index contributed by atoms with van der Waals surface area (Å²) in [6.07, 6.45) is 3.89. The van der Waals surface area contributed by atoms with Crippen LogP contribution in [0.3, 0.4) is 0 Å². The topological polar surface area (TPSA) is 32.3 Å². The molecule has 1 aliphatic carbocycles. The van der Waals surface area contributed by atoms with Gasteiger partial charge < -0.3 is 10.4 Å². The molecule has 0 radical (unpaired) electrons. The summed E-state index contributed by atoms with van der Waals surface area (Å²) in [4.78, 5) is 0. The van der Waals surface area contributed by atoms with Gasteiger partial charge >= 0.3 is 0 Å². The molecule has 2 N–H and O–H groups in total. The first-order valence-electron chi connectivity index (χ1n) is 7.07. The molecular formula is C16H25NO. The van der Waals surface area contributed by atoms with Crippen LogP contribution in [0.15, 0.2) is 18.2 Å². The molecule has 100 valence electrons. The fraction of sp³-hybridized carbons (Fsp3) is 0.625. The lowest BCUT2D eigenvalue weighted by Gasteiger charge is -2.35. The van der Waals surface area contributed by atoms with E-state index < -0.39 is 5.60 Å². The van der Waals surface area contributed by atoms with Gasteiger partial charge in [0.25, 0.3) is 0 Å². The number of fused-ring (bicyclic) bond motifs is 1. The van der Waals surface area contributed by atoms with E-state index in [-0.39, 0.29) is 0 Å². The van der Waals surface area contributed by atoms with Crippen LogP contribution in [0.25, 0.3) is 0 Å². The molecule has 0 spiro atoms. The van der Waals surface area contributed by atoms with Gasteiger partial charge in [0.1, 0.15) is 0 Å². The molecule has 18 heavy (non-hydrogen) atoms. The molecule has 0 fully saturated rings. The number of aryl methyl sites for hydroxylation is 1. The van der Waals surface area contributed by atoms with E-state index in [0.717, 1.165) is 32.2 Å². The SMILES string of the molecule is CNCCC1(O)CCCc2ccc(C(C)C)cc21. The number of hydrogen-bond donors (Lipinski definition) is 2. The summed E-state index contributed by atoms with van der Waals surface area (Å²) in [5.74, 6) is 0.519. The molecule has 0 bridgehead atoms. The summed E-state index contributed by atoms with van der Waals surface area (Å²) in [7, 11) is 1.94. The summed E-state index contributed by atoms with van der Waals surface area (Å²) in [6.45, 7) is 5.27. The van der Waals surface area contributed by atoms with Gasteiger partial charge in [-0.2, -0.15) is 0 Å². The van der Waals surface area contributed by atoms with Crippen LogP contribution >= 0.6 is 0 Å². The van der Waals surface area contributed by atoms with Crippen molar-refractivity contribution in [2.45, 2.75) is 51.0 Å². The first-order valence-corrected chi connectivity index (χ1v) is 7.07. The Bertz CT molecular complexity index is 414. The van der Waals surface area contributed by atoms with Crippen LogP contribution in [-0.4, -0.2) is 18.7 Å². The number of benzene rings is 1. The third-order valence-corrected chi connectivity index (χ3v) is 4.13. The van der Waals surface area contributed by atoms with E-state index in [9.17, 15) is 5.11 Å². The predicted octanol–water partition coefficient (Wildman–Crippen LogP) is 2.94. The number of rotatable bonds is 4. The smallest absolute Gasteiger partial charge is 0.0911 e. The lowest BCUT2D eigenvalue weighted by atomic mass is 9.76. The fourth-order valence-electron chi connectivity index (χ4n) is 2.90. The molecule has 0 aliphatic heterocycles. The second-order valence-electron chi connectivity index (χ2n) is 5.81. The van der Waals surface area contributed by atoms with Crippen molar-refractivity contribution in [1.82, 2.24) is 5.32 Å². The first kappa shape index (κ1) is 13.6. The highest BCUT2D eigenvalue weighted by molar-refractivity contribution is 5.39. The Balaban J connectivity index is 2.36. The lowest BCUT2D eigenvalue weighted by molar-refractivity contribution is 0.0108. The van der Waals surface area contributed by atoms with Gasteiger partial charge in [-0.05, 0) is 61.9 Å². The molecule has 2 nitrogen and oxygen atoms in total. The van der Waals surface area contributed by atoms with Gasteiger partial charge in [-0.15, -0.1) is 0 Å². The van der Waals surface area contributed by atoms with Gasteiger partial charge in [0.05, 0.1) is 5.60 Å². The molecule has 0 saturated heterocycles. The van der Waals surface area contributed by atoms with Crippen LogP contribution in [0.2, 0.25) is 0 Å². The molecule has 0 aromatic heterocycles. The van der Waals surface area contributed by atoms with Gasteiger partial charge in [0.2, 0.25) is 0 Å². The summed E-state index contributed by atoms with van der Waals surface area (Å²) in [6, 6.07) is 6.66. The van der Waals surface area contributed by atoms with Crippen LogP contribution in [0, 0.1) is 0 Å². The Morgan fingerprint density at radius 3 is 2.83 bits per heavy atom. The first-order chi connectivity index (χ1) is 8.57. The third-order valence-electron chi connectivity index (χ3n) is 4.13. The monoisotopic (exact) mass is 247 g/mol. The Morgan fingerprint density at radius 2 is 2.17 bits per heavy atom. The van der Waals surface area contributed by atoms with Crippen molar-refractivity contribution >= 4 is 0 Å². The molecule has 1 aromatic carbocycles. The average molecular weight is 247 g/mol. The van der Waals surface area contributed by atoms with Crippen molar-refractivity contribution in [3.63, 3.8) is 0 Å². The number of nitrogens with one attached hydrogen (secondary N) is 1. The van der Waals surface area contributed by atoms with E-state index in [1.807, 2.05) is 7.05 Å². The average Bonchev–Trinajstić information content (AvgIpc) is 2.36. The van der Waals surface area contributed by atoms with E-state index in [0.29, 0.717) is 5.92 Å². The van der Waals surface area contributed by atoms with Crippen molar-refractivity contribution in [2.75, 3.05) is 13.6 Å². The Kier molecular flexibility index (Phi) is 4.08. The largest absolute Gasteiger partial charge is 0.385 e. The van der Waals surface area contributed by atoms with Gasteiger partial charge in [0, 0.05) is 0 Å². The lowest BCUT2D eigenvalue weighted by Crippen LogP contribution is -2.33. The molecule has 2 rings (SSSR count). The maximum Gasteiger partial charge on any atom is 0.0911 e. The van der Waals surface area contributed by atoms with E-state index in [4.69, 9.17) is 0 Å². The Hall–Kier alpha value is -0.860. The normalized spacial score (nSPS) is 23.2. The van der Waals surface area contributed by atoms with Crippen LogP contribution in [0.5, 0.6) is 0 Å². The van der Waals surface area contributed by atoms with Crippen molar-refractivity contribution in [2.24, 2.45) is 0 Å². The number of aliphatic hydroxyl groups is 1. The van der Waals surface area contributed by atoms with E-state index >= 15 is 0 Å². The van der Waals surface area contributed by atoms with Gasteiger partial charge in [-0.25, -0.2) is 0 Å². The molecule has 2 heteroatoms. The summed E-state index contributed by atoms with van der Waals surface area (Å²) < 4.78 is 0. The molecule has 1 unspecified atom stereocenters. The van der Waals surface area contributed by atoms with Gasteiger partial charge in [0.15, 0.2) is 0 Å². The molecule has 1 aliphatic rings. The summed E-state index contributed by atoms with van der Waals surface area (Å²) >= 11 is 0. The zero-order chi connectivity index (χ0) is 13.2. The predicted molar refractivity (Wildman–Crippen MR) is 75.9 cm³/mol. The molecule has 0 saturated carbocycles. The number of hydrogen-bond acceptors (Lipinski definition) is 2. The minimum atomic E-state index is -0.624. The van der Waals surface area contributed by atoms with E-state index in [1.54, 1.807) is 0 Å². The molecule has 1 atom stereocenters. The van der Waals surface area contributed by atoms with Crippen molar-refractivity contribution in [3.8, 4) is 0 Å². The fourth-order valence-corrected chi connectivity index (χ4v) is 2.90. The highest BCUT2D eigenvalue weighted by Gasteiger charge is 2.33. The molecule has 0 amide bonds. The van der Waals surface area contributed by atoms with Crippen LogP contribution in [-0.2, 0) is 12.0 Å². The van der Waals surface area contributed by atoms with Gasteiger partial charge in [-0.3, -0.25) is 0 Å². The minimum absolute atomic E-state index is 0.519. The van der Waals surface area contributed by atoms with E-state index in [1.165, 1.54) is 16.7 Å². The standard InChI is InChI=1S/C16H25NO/c1-12(2)14-7-6-13-5-4-8-16(18,9-10-17-3)15(13)11-14/h6-7,11-12,17-18H,4-5,8-10H2,1-3H3. The van der Waals surface area contributed by atoms with Crippen LogP contribution in [0.1, 0.15) is 55.7 Å². The third kappa shape index (κ3) is 2.60. The zero-order valence-corrected chi connectivity index (χ0v) is 11.8. The highest BCUT2D eigenvalue weighted by atomic mass is 16.3. The second-order valence-corrected chi connectivity index (χ2v) is 5.81.